The number of aromatic nitrogens is 1. The van der Waals surface area contributed by atoms with Gasteiger partial charge >= 0.3 is 12.1 Å². The zero-order valence-corrected chi connectivity index (χ0v) is 30.8. The van der Waals surface area contributed by atoms with E-state index in [0.29, 0.717) is 56.1 Å². The third-order valence-electron chi connectivity index (χ3n) is 11.2. The Labute approximate surface area is 320 Å². The second kappa shape index (κ2) is 18.1. The molecule has 3 unspecified atom stereocenters. The van der Waals surface area contributed by atoms with Gasteiger partial charge < -0.3 is 14.9 Å². The van der Waals surface area contributed by atoms with E-state index in [1.165, 1.54) is 12.3 Å². The maximum absolute atomic E-state index is 14.0. The van der Waals surface area contributed by atoms with Gasteiger partial charge in [-0.2, -0.15) is 18.4 Å². The van der Waals surface area contributed by atoms with Crippen LogP contribution in [0.2, 0.25) is 0 Å². The lowest BCUT2D eigenvalue weighted by atomic mass is 9.70. The van der Waals surface area contributed by atoms with Gasteiger partial charge in [0.2, 0.25) is 18.7 Å². The number of rotatable bonds is 15. The molecular formula is C38H46F6N8O4. The first kappa shape index (κ1) is 42.6. The lowest BCUT2D eigenvalue weighted by molar-refractivity contribution is -0.196. The van der Waals surface area contributed by atoms with Crippen molar-refractivity contribution in [2.75, 3.05) is 52.9 Å². The van der Waals surface area contributed by atoms with Crippen molar-refractivity contribution in [3.63, 3.8) is 0 Å². The Kier molecular flexibility index (Phi) is 13.8. The number of hydrogen-bond donors (Lipinski definition) is 4. The summed E-state index contributed by atoms with van der Waals surface area (Å²) in [5.41, 5.74) is 8.70. The summed E-state index contributed by atoms with van der Waals surface area (Å²) in [5, 5.41) is 21.0. The summed E-state index contributed by atoms with van der Waals surface area (Å²) in [6.45, 7) is 3.81. The molecule has 3 aliphatic heterocycles. The second-order valence-corrected chi connectivity index (χ2v) is 14.8. The van der Waals surface area contributed by atoms with Crippen molar-refractivity contribution in [2.45, 2.75) is 63.3 Å². The predicted molar refractivity (Wildman–Crippen MR) is 191 cm³/mol. The fraction of sp³-hybridized carbons (Fsp3) is 0.553. The largest absolute Gasteiger partial charge is 0.478 e. The number of alkyl halides is 6. The van der Waals surface area contributed by atoms with Crippen LogP contribution in [0.3, 0.4) is 0 Å². The Morgan fingerprint density at radius 3 is 2.38 bits per heavy atom. The van der Waals surface area contributed by atoms with Crippen LogP contribution in [-0.4, -0.2) is 108 Å². The Bertz CT molecular complexity index is 1760. The minimum absolute atomic E-state index is 0.0121. The average molecular weight is 793 g/mol. The lowest BCUT2D eigenvalue weighted by Crippen LogP contribution is -2.61. The first-order valence-corrected chi connectivity index (χ1v) is 18.3. The number of aromatic carboxylic acids is 1. The van der Waals surface area contributed by atoms with Gasteiger partial charge in [0, 0.05) is 88.0 Å². The van der Waals surface area contributed by atoms with Crippen molar-refractivity contribution in [1.82, 2.24) is 36.1 Å². The molecule has 4 fully saturated rings. The second-order valence-electron chi connectivity index (χ2n) is 14.8. The minimum atomic E-state index is -4.41. The van der Waals surface area contributed by atoms with Gasteiger partial charge in [0.05, 0.1) is 35.2 Å². The van der Waals surface area contributed by atoms with Crippen LogP contribution in [0.1, 0.15) is 70.8 Å². The molecule has 3 atom stereocenters. The van der Waals surface area contributed by atoms with Crippen molar-refractivity contribution in [3.05, 3.63) is 77.1 Å². The van der Waals surface area contributed by atoms with E-state index in [-0.39, 0.29) is 74.4 Å². The molecule has 4 aliphatic rings. The molecule has 1 aromatic carbocycles. The Morgan fingerprint density at radius 1 is 1.11 bits per heavy atom. The van der Waals surface area contributed by atoms with E-state index in [1.807, 2.05) is 17.1 Å². The van der Waals surface area contributed by atoms with E-state index in [4.69, 9.17) is 5.26 Å². The fourth-order valence-electron chi connectivity index (χ4n) is 8.08. The normalized spacial score (nSPS) is 21.4. The number of likely N-dealkylation sites (tertiary alicyclic amines) is 2. The molecular weight excluding hydrogens is 746 g/mol. The van der Waals surface area contributed by atoms with Gasteiger partial charge in [-0.05, 0) is 55.0 Å². The highest BCUT2D eigenvalue weighted by Gasteiger charge is 2.67. The van der Waals surface area contributed by atoms with Crippen molar-refractivity contribution >= 4 is 17.8 Å². The number of carboxylic acids is 1. The highest BCUT2D eigenvalue weighted by Crippen LogP contribution is 2.60. The molecule has 6 rings (SSSR count). The maximum Gasteiger partial charge on any atom is 0.396 e. The molecule has 304 valence electrons. The first-order valence-electron chi connectivity index (χ1n) is 18.3. The van der Waals surface area contributed by atoms with Crippen molar-refractivity contribution in [1.29, 1.82) is 5.26 Å². The summed E-state index contributed by atoms with van der Waals surface area (Å²) in [5.74, 6) is -2.22. The molecule has 4 N–H and O–H groups in total. The van der Waals surface area contributed by atoms with Crippen LogP contribution in [0.15, 0.2) is 49.2 Å². The summed E-state index contributed by atoms with van der Waals surface area (Å²) >= 11 is 0. The number of hydrogen-bond acceptors (Lipinski definition) is 9. The number of nitrogens with zero attached hydrogens (tertiary/aromatic N) is 5. The topological polar surface area (TPSA) is 154 Å². The standard InChI is InChI=1S/C37H44F4N8O4.CH2F2/c1-2-4-31(36(10-11-36)37(39,40)41)46-44-15-26-13-30(43-17-28(26)34(52)53)29-20-47(21-35(29)22-48(23-35)32(50)5-3-12-38)33(51)27-16-45-49(19-27)18-25-8-6-24(14-42)7-9-25;2-1-3/h2,6-9,13,17,27,29,31,44-46H,1,3-5,10-12,15-16,18-23H2,(H,52,53);1H2. The zero-order valence-electron chi connectivity index (χ0n) is 30.8. The van der Waals surface area contributed by atoms with Crippen LogP contribution in [0.4, 0.5) is 26.3 Å². The predicted octanol–water partition coefficient (Wildman–Crippen LogP) is 4.56. The van der Waals surface area contributed by atoms with Gasteiger partial charge in [-0.3, -0.25) is 35.2 Å². The van der Waals surface area contributed by atoms with Gasteiger partial charge in [0.25, 0.3) is 0 Å². The van der Waals surface area contributed by atoms with Crippen molar-refractivity contribution < 1.29 is 45.8 Å². The van der Waals surface area contributed by atoms with Crippen LogP contribution in [0.25, 0.3) is 0 Å². The Morgan fingerprint density at radius 2 is 1.79 bits per heavy atom. The van der Waals surface area contributed by atoms with Gasteiger partial charge in [-0.25, -0.2) is 18.6 Å². The molecule has 2 amide bonds. The van der Waals surface area contributed by atoms with Crippen LogP contribution in [-0.2, 0) is 22.7 Å². The van der Waals surface area contributed by atoms with E-state index in [2.05, 4.69) is 33.9 Å². The number of halogens is 6. The summed E-state index contributed by atoms with van der Waals surface area (Å²) < 4.78 is 73.8. The smallest absolute Gasteiger partial charge is 0.396 e. The van der Waals surface area contributed by atoms with Gasteiger partial charge in [0.1, 0.15) is 0 Å². The summed E-state index contributed by atoms with van der Waals surface area (Å²) in [4.78, 5) is 47.0. The lowest BCUT2D eigenvalue weighted by Gasteiger charge is -2.51. The molecule has 0 radical (unpaired) electrons. The van der Waals surface area contributed by atoms with Crippen LogP contribution in [0.5, 0.6) is 0 Å². The average Bonchev–Trinajstić information content (AvgIpc) is 3.69. The minimum Gasteiger partial charge on any atom is -0.478 e. The molecule has 1 saturated carbocycles. The molecule has 4 heterocycles. The van der Waals surface area contributed by atoms with Crippen LogP contribution < -0.4 is 16.3 Å². The van der Waals surface area contributed by atoms with E-state index < -0.39 is 42.6 Å². The first-order chi connectivity index (χ1) is 26.7. The van der Waals surface area contributed by atoms with Gasteiger partial charge in [0.15, 0.2) is 0 Å². The van der Waals surface area contributed by atoms with Gasteiger partial charge in [-0.1, -0.05) is 18.2 Å². The van der Waals surface area contributed by atoms with Crippen LogP contribution in [0, 0.1) is 28.1 Å². The number of benzene rings is 1. The zero-order chi connectivity index (χ0) is 40.7. The maximum atomic E-state index is 14.0. The summed E-state index contributed by atoms with van der Waals surface area (Å²) in [6.07, 6.45) is -1.54. The quantitative estimate of drug-likeness (QED) is 0.115. The summed E-state index contributed by atoms with van der Waals surface area (Å²) in [6, 6.07) is 9.96. The SMILES string of the molecule is C=CCC(NNCc1cc(C2CN(C(=O)C3CNN(Cc4ccc(C#N)cc4)C3)CC23CN(C(=O)CCCF)C3)ncc1C(=O)O)C1(C(F)(F)F)CC1.FCF. The molecule has 1 aliphatic carbocycles. The Hall–Kier alpha value is -4.57. The number of nitrogens with one attached hydrogen (secondary N) is 3. The van der Waals surface area contributed by atoms with Crippen molar-refractivity contribution in [3.8, 4) is 6.07 Å². The van der Waals surface area contributed by atoms with Crippen LogP contribution >= 0.6 is 0 Å². The molecule has 2 aromatic rings. The monoisotopic (exact) mass is 792 g/mol. The molecule has 3 saturated heterocycles. The molecule has 56 heavy (non-hydrogen) atoms. The molecule has 1 aromatic heterocycles. The van der Waals surface area contributed by atoms with Gasteiger partial charge in [-0.15, -0.1) is 6.58 Å². The van der Waals surface area contributed by atoms with Crippen molar-refractivity contribution in [2.24, 2.45) is 16.7 Å². The molecule has 0 bridgehead atoms. The van der Waals surface area contributed by atoms with E-state index in [0.717, 1.165) is 5.56 Å². The summed E-state index contributed by atoms with van der Waals surface area (Å²) in [7, 11) is 0. The number of carbonyl (C=O) groups is 3. The molecule has 1 spiro atoms. The number of amides is 2. The fourth-order valence-corrected chi connectivity index (χ4v) is 8.08. The van der Waals surface area contributed by atoms with E-state index >= 15 is 0 Å². The highest BCUT2D eigenvalue weighted by molar-refractivity contribution is 5.89. The Balaban J connectivity index is 0.00000194. The number of pyridine rings is 1. The number of hydrazine groups is 2. The third kappa shape index (κ3) is 9.34. The molecule has 18 heteroatoms. The number of carboxylic acid groups (broad SMARTS) is 1. The molecule has 12 nitrogen and oxygen atoms in total. The van der Waals surface area contributed by atoms with E-state index in [1.54, 1.807) is 28.0 Å². The van der Waals surface area contributed by atoms with E-state index in [9.17, 15) is 45.8 Å². The third-order valence-corrected chi connectivity index (χ3v) is 11.2. The number of nitriles is 1. The number of carbonyl (C=O) groups excluding carboxylic acids is 2. The highest BCUT2D eigenvalue weighted by atomic mass is 19.4.